The molecule has 2 N–H and O–H groups in total. The Morgan fingerprint density at radius 2 is 1.96 bits per heavy atom. The number of rotatable bonds is 6. The van der Waals surface area contributed by atoms with E-state index in [1.54, 1.807) is 12.4 Å². The van der Waals surface area contributed by atoms with Crippen LogP contribution in [0.3, 0.4) is 0 Å². The van der Waals surface area contributed by atoms with E-state index >= 15 is 0 Å². The maximum absolute atomic E-state index is 12.5. The van der Waals surface area contributed by atoms with Crippen molar-refractivity contribution in [3.63, 3.8) is 0 Å². The fourth-order valence-corrected chi connectivity index (χ4v) is 2.91. The fourth-order valence-electron chi connectivity index (χ4n) is 2.91. The summed E-state index contributed by atoms with van der Waals surface area (Å²) in [5.74, 6) is 0.850. The van der Waals surface area contributed by atoms with Crippen LogP contribution in [0.1, 0.15) is 29.8 Å². The first-order chi connectivity index (χ1) is 11.7. The normalized spacial score (nSPS) is 10.8. The molecule has 124 valence electrons. The summed E-state index contributed by atoms with van der Waals surface area (Å²) < 4.78 is 0. The van der Waals surface area contributed by atoms with Crippen LogP contribution >= 0.6 is 0 Å². The van der Waals surface area contributed by atoms with Gasteiger partial charge < -0.3 is 15.2 Å². The van der Waals surface area contributed by atoms with Crippen molar-refractivity contribution in [2.75, 3.05) is 18.0 Å². The number of hydrogen-bond donors (Lipinski definition) is 2. The van der Waals surface area contributed by atoms with Gasteiger partial charge in [0.15, 0.2) is 0 Å². The summed E-state index contributed by atoms with van der Waals surface area (Å²) in [5.41, 5.74) is 2.65. The van der Waals surface area contributed by atoms with Crippen molar-refractivity contribution in [1.29, 1.82) is 0 Å². The summed E-state index contributed by atoms with van der Waals surface area (Å²) in [7, 11) is 0. The first kappa shape index (κ1) is 16.1. The van der Waals surface area contributed by atoms with Crippen molar-refractivity contribution in [3.8, 4) is 0 Å². The summed E-state index contributed by atoms with van der Waals surface area (Å²) in [6.07, 6.45) is 3.55. The highest BCUT2D eigenvalue weighted by molar-refractivity contribution is 6.06. The molecule has 2 heterocycles. The summed E-state index contributed by atoms with van der Waals surface area (Å²) in [4.78, 5) is 22.3. The maximum atomic E-state index is 12.5. The van der Waals surface area contributed by atoms with E-state index in [2.05, 4.69) is 34.0 Å². The van der Waals surface area contributed by atoms with Gasteiger partial charge in [-0.3, -0.25) is 4.79 Å². The molecule has 0 bridgehead atoms. The molecule has 0 saturated carbocycles. The Bertz CT molecular complexity index is 836. The highest BCUT2D eigenvalue weighted by Crippen LogP contribution is 2.19. The Hall–Kier alpha value is -2.82. The molecule has 0 aliphatic rings. The minimum atomic E-state index is -0.0817. The second-order valence-corrected chi connectivity index (χ2v) is 5.59. The molecule has 1 amide bonds. The van der Waals surface area contributed by atoms with E-state index < -0.39 is 0 Å². The number of nitrogens with one attached hydrogen (secondary N) is 2. The first-order valence-electron chi connectivity index (χ1n) is 8.27. The zero-order valence-corrected chi connectivity index (χ0v) is 14.0. The SMILES string of the molecule is CCN(CC)c1ncccc1CNC(=O)c1c[nH]c2ccccc12. The Morgan fingerprint density at radius 3 is 2.75 bits per heavy atom. The number of amides is 1. The third-order valence-electron chi connectivity index (χ3n) is 4.20. The fraction of sp³-hybridized carbons (Fsp3) is 0.263. The number of carbonyl (C=O) groups is 1. The molecule has 0 radical (unpaired) electrons. The average molecular weight is 322 g/mol. The van der Waals surface area contributed by atoms with Gasteiger partial charge in [-0.15, -0.1) is 0 Å². The van der Waals surface area contributed by atoms with Crippen molar-refractivity contribution < 1.29 is 4.79 Å². The van der Waals surface area contributed by atoms with Gasteiger partial charge in [-0.25, -0.2) is 4.98 Å². The molecule has 5 nitrogen and oxygen atoms in total. The number of aromatic amines is 1. The lowest BCUT2D eigenvalue weighted by atomic mass is 10.1. The number of hydrogen-bond acceptors (Lipinski definition) is 3. The van der Waals surface area contributed by atoms with Crippen LogP contribution in [-0.2, 0) is 6.54 Å². The molecule has 3 rings (SSSR count). The number of H-pyrrole nitrogens is 1. The van der Waals surface area contributed by atoms with Crippen LogP contribution in [0.25, 0.3) is 10.9 Å². The van der Waals surface area contributed by atoms with Crippen LogP contribution in [0.4, 0.5) is 5.82 Å². The molecule has 3 aromatic rings. The molecule has 0 fully saturated rings. The summed E-state index contributed by atoms with van der Waals surface area (Å²) >= 11 is 0. The Balaban J connectivity index is 1.78. The van der Waals surface area contributed by atoms with E-state index in [1.165, 1.54) is 0 Å². The number of carbonyl (C=O) groups excluding carboxylic acids is 1. The maximum Gasteiger partial charge on any atom is 0.253 e. The van der Waals surface area contributed by atoms with Crippen LogP contribution in [0.5, 0.6) is 0 Å². The average Bonchev–Trinajstić information content (AvgIpc) is 3.06. The van der Waals surface area contributed by atoms with Crippen molar-refractivity contribution in [2.24, 2.45) is 0 Å². The minimum Gasteiger partial charge on any atom is -0.360 e. The van der Waals surface area contributed by atoms with E-state index in [-0.39, 0.29) is 5.91 Å². The molecule has 2 aromatic heterocycles. The standard InChI is InChI=1S/C19H22N4O/c1-3-23(4-2)18-14(8-7-11-20-18)12-22-19(24)16-13-21-17-10-6-5-9-15(16)17/h5-11,13,21H,3-4,12H2,1-2H3,(H,22,24). The monoisotopic (exact) mass is 322 g/mol. The second kappa shape index (κ2) is 7.17. The predicted octanol–water partition coefficient (Wildman–Crippen LogP) is 3.34. The Labute approximate surface area is 141 Å². The number of para-hydroxylation sites is 1. The van der Waals surface area contributed by atoms with Crippen LogP contribution in [0.2, 0.25) is 0 Å². The molecule has 0 unspecified atom stereocenters. The highest BCUT2D eigenvalue weighted by atomic mass is 16.1. The minimum absolute atomic E-state index is 0.0817. The van der Waals surface area contributed by atoms with E-state index in [0.717, 1.165) is 35.4 Å². The molecule has 0 aliphatic carbocycles. The van der Waals surface area contributed by atoms with Crippen molar-refractivity contribution >= 4 is 22.6 Å². The molecule has 0 aliphatic heterocycles. The summed E-state index contributed by atoms with van der Waals surface area (Å²) in [6, 6.07) is 11.7. The quantitative estimate of drug-likeness (QED) is 0.732. The summed E-state index contributed by atoms with van der Waals surface area (Å²) in [5, 5.41) is 3.95. The largest absolute Gasteiger partial charge is 0.360 e. The molecule has 0 saturated heterocycles. The number of aromatic nitrogens is 2. The zero-order valence-electron chi connectivity index (χ0n) is 14.0. The van der Waals surface area contributed by atoms with Crippen LogP contribution < -0.4 is 10.2 Å². The number of nitrogens with zero attached hydrogens (tertiary/aromatic N) is 2. The van der Waals surface area contributed by atoms with E-state index in [9.17, 15) is 4.79 Å². The molecule has 24 heavy (non-hydrogen) atoms. The number of benzene rings is 1. The van der Waals surface area contributed by atoms with Gasteiger partial charge in [0.25, 0.3) is 5.91 Å². The number of anilines is 1. The van der Waals surface area contributed by atoms with Gasteiger partial charge in [0.2, 0.25) is 0 Å². The first-order valence-corrected chi connectivity index (χ1v) is 8.27. The third-order valence-corrected chi connectivity index (χ3v) is 4.20. The summed E-state index contributed by atoms with van der Waals surface area (Å²) in [6.45, 7) is 6.44. The lowest BCUT2D eigenvalue weighted by molar-refractivity contribution is 0.0952. The lowest BCUT2D eigenvalue weighted by Crippen LogP contribution is -2.27. The van der Waals surface area contributed by atoms with Gasteiger partial charge in [-0.2, -0.15) is 0 Å². The highest BCUT2D eigenvalue weighted by Gasteiger charge is 2.14. The van der Waals surface area contributed by atoms with Gasteiger partial charge in [0.05, 0.1) is 5.56 Å². The topological polar surface area (TPSA) is 61.0 Å². The Morgan fingerprint density at radius 1 is 1.17 bits per heavy atom. The second-order valence-electron chi connectivity index (χ2n) is 5.59. The van der Waals surface area contributed by atoms with Crippen LogP contribution in [-0.4, -0.2) is 29.0 Å². The van der Waals surface area contributed by atoms with Gasteiger partial charge in [-0.1, -0.05) is 24.3 Å². The van der Waals surface area contributed by atoms with Gasteiger partial charge in [-0.05, 0) is 26.0 Å². The molecule has 0 spiro atoms. The number of pyridine rings is 1. The molecule has 1 aromatic carbocycles. The van der Waals surface area contributed by atoms with E-state index in [1.807, 2.05) is 36.4 Å². The van der Waals surface area contributed by atoms with E-state index in [4.69, 9.17) is 0 Å². The lowest BCUT2D eigenvalue weighted by Gasteiger charge is -2.22. The molecule has 0 atom stereocenters. The molecular weight excluding hydrogens is 300 g/mol. The van der Waals surface area contributed by atoms with Crippen molar-refractivity contribution in [1.82, 2.24) is 15.3 Å². The van der Waals surface area contributed by atoms with Gasteiger partial charge >= 0.3 is 0 Å². The molecule has 5 heteroatoms. The van der Waals surface area contributed by atoms with Gasteiger partial charge in [0.1, 0.15) is 5.82 Å². The zero-order chi connectivity index (χ0) is 16.9. The van der Waals surface area contributed by atoms with E-state index in [0.29, 0.717) is 12.1 Å². The van der Waals surface area contributed by atoms with Crippen molar-refractivity contribution in [3.05, 3.63) is 59.9 Å². The van der Waals surface area contributed by atoms with Crippen LogP contribution in [0.15, 0.2) is 48.8 Å². The van der Waals surface area contributed by atoms with Gasteiger partial charge in [0, 0.05) is 48.5 Å². The Kier molecular flexibility index (Phi) is 4.79. The predicted molar refractivity (Wildman–Crippen MR) is 97.3 cm³/mol. The van der Waals surface area contributed by atoms with Crippen LogP contribution in [0, 0.1) is 0 Å². The number of fused-ring (bicyclic) bond motifs is 1. The van der Waals surface area contributed by atoms with Crippen molar-refractivity contribution in [2.45, 2.75) is 20.4 Å². The molecular formula is C19H22N4O. The third kappa shape index (κ3) is 3.11. The smallest absolute Gasteiger partial charge is 0.253 e.